The van der Waals surface area contributed by atoms with Crippen LogP contribution in [0.25, 0.3) is 22.3 Å². The highest BCUT2D eigenvalue weighted by atomic mass is 16.3. The Morgan fingerprint density at radius 2 is 0.756 bits per heavy atom. The van der Waals surface area contributed by atoms with E-state index < -0.39 is 5.41 Å². The van der Waals surface area contributed by atoms with Gasteiger partial charge in [-0.05, 0) is 92.7 Å². The molecule has 2 heteroatoms. The van der Waals surface area contributed by atoms with E-state index in [2.05, 4.69) is 111 Å². The lowest BCUT2D eigenvalue weighted by atomic mass is 9.68. The van der Waals surface area contributed by atoms with E-state index in [-0.39, 0.29) is 11.5 Å². The quantitative estimate of drug-likeness (QED) is 0.209. The van der Waals surface area contributed by atoms with Crippen LogP contribution >= 0.6 is 0 Å². The van der Waals surface area contributed by atoms with Crippen LogP contribution in [-0.4, -0.2) is 10.2 Å². The van der Waals surface area contributed by atoms with Gasteiger partial charge in [-0.25, -0.2) is 0 Å². The van der Waals surface area contributed by atoms with Crippen LogP contribution in [0.2, 0.25) is 0 Å². The van der Waals surface area contributed by atoms with E-state index in [9.17, 15) is 10.2 Å². The normalized spacial score (nSPS) is 12.1. The molecule has 0 amide bonds. The van der Waals surface area contributed by atoms with Crippen molar-refractivity contribution in [1.29, 1.82) is 0 Å². The monoisotopic (exact) mass is 590 g/mol. The molecule has 0 spiro atoms. The molecule has 6 aromatic carbocycles. The molecule has 0 atom stereocenters. The van der Waals surface area contributed by atoms with Crippen molar-refractivity contribution < 1.29 is 10.2 Å². The average molecular weight is 591 g/mol. The fourth-order valence-corrected chi connectivity index (χ4v) is 6.31. The summed E-state index contributed by atoms with van der Waals surface area (Å²) in [5.41, 5.74) is 11.9. The number of phenolic OH excluding ortho intramolecular Hbond substituents is 2. The highest BCUT2D eigenvalue weighted by Gasteiger charge is 2.45. The number of fused-ring (bicyclic) bond motifs is 3. The lowest BCUT2D eigenvalue weighted by Gasteiger charge is -2.33. The van der Waals surface area contributed by atoms with Gasteiger partial charge in [-0.1, -0.05) is 149 Å². The number of hydrogen-bond donors (Lipinski definition) is 2. The lowest BCUT2D eigenvalue weighted by molar-refractivity contribution is 0.475. The topological polar surface area (TPSA) is 40.5 Å². The summed E-state index contributed by atoms with van der Waals surface area (Å²) < 4.78 is 0. The lowest BCUT2D eigenvalue weighted by Crippen LogP contribution is -2.28. The van der Waals surface area contributed by atoms with Gasteiger partial charge in [0.25, 0.3) is 0 Å². The highest BCUT2D eigenvalue weighted by molar-refractivity contribution is 5.86. The number of aromatic hydroxyl groups is 2. The smallest absolute Gasteiger partial charge is 0.115 e. The second kappa shape index (κ2) is 14.1. The number of hydrogen-bond acceptors (Lipinski definition) is 2. The van der Waals surface area contributed by atoms with Crippen LogP contribution in [0.1, 0.15) is 61.1 Å². The van der Waals surface area contributed by atoms with Crippen LogP contribution in [0.5, 0.6) is 11.5 Å². The van der Waals surface area contributed by atoms with Gasteiger partial charge in [0.1, 0.15) is 11.5 Å². The molecule has 0 unspecified atom stereocenters. The van der Waals surface area contributed by atoms with Crippen LogP contribution in [-0.2, 0) is 18.3 Å². The van der Waals surface area contributed by atoms with Crippen molar-refractivity contribution >= 4 is 0 Å². The third-order valence-electron chi connectivity index (χ3n) is 8.61. The molecule has 0 aromatic heterocycles. The van der Waals surface area contributed by atoms with E-state index in [1.807, 2.05) is 38.1 Å². The summed E-state index contributed by atoms with van der Waals surface area (Å²) >= 11 is 0. The molecule has 6 aromatic rings. The van der Waals surface area contributed by atoms with Crippen molar-refractivity contribution in [2.45, 2.75) is 46.0 Å². The molecule has 0 heterocycles. The van der Waals surface area contributed by atoms with Crippen molar-refractivity contribution in [3.8, 4) is 33.8 Å². The van der Waals surface area contributed by atoms with Crippen molar-refractivity contribution in [1.82, 2.24) is 0 Å². The largest absolute Gasteiger partial charge is 0.508 e. The second-order valence-electron chi connectivity index (χ2n) is 11.0. The van der Waals surface area contributed by atoms with Gasteiger partial charge < -0.3 is 10.2 Å². The highest BCUT2D eigenvalue weighted by Crippen LogP contribution is 2.56. The Kier molecular flexibility index (Phi) is 9.85. The van der Waals surface area contributed by atoms with Crippen molar-refractivity contribution in [3.05, 3.63) is 179 Å². The molecule has 2 N–H and O–H groups in total. The van der Waals surface area contributed by atoms with E-state index in [1.54, 1.807) is 24.3 Å². The molecular weight excluding hydrogens is 548 g/mol. The van der Waals surface area contributed by atoms with Gasteiger partial charge in [-0.15, -0.1) is 0 Å². The first kappa shape index (κ1) is 31.3. The van der Waals surface area contributed by atoms with Gasteiger partial charge in [0.05, 0.1) is 5.41 Å². The van der Waals surface area contributed by atoms with Crippen LogP contribution in [0.15, 0.2) is 146 Å². The first-order valence-corrected chi connectivity index (χ1v) is 16.0. The molecule has 1 aliphatic rings. The molecule has 45 heavy (non-hydrogen) atoms. The zero-order chi connectivity index (χ0) is 31.8. The summed E-state index contributed by atoms with van der Waals surface area (Å²) in [5.74, 6) is 0.498. The second-order valence-corrected chi connectivity index (χ2v) is 11.0. The molecule has 0 radical (unpaired) electrons. The maximum atomic E-state index is 9.85. The average Bonchev–Trinajstić information content (AvgIpc) is 3.41. The third kappa shape index (κ3) is 6.14. The number of benzene rings is 6. The molecule has 0 aliphatic heterocycles. The number of phenols is 2. The molecule has 1 aliphatic carbocycles. The van der Waals surface area contributed by atoms with Crippen molar-refractivity contribution in [2.24, 2.45) is 0 Å². The molecule has 0 saturated carbocycles. The van der Waals surface area contributed by atoms with E-state index in [4.69, 9.17) is 0 Å². The minimum atomic E-state index is -0.491. The van der Waals surface area contributed by atoms with E-state index in [0.717, 1.165) is 24.0 Å². The van der Waals surface area contributed by atoms with Crippen LogP contribution in [0.3, 0.4) is 0 Å². The molecule has 226 valence electrons. The zero-order valence-electron chi connectivity index (χ0n) is 26.7. The van der Waals surface area contributed by atoms with E-state index in [1.165, 1.54) is 44.5 Å². The van der Waals surface area contributed by atoms with Gasteiger partial charge in [0.2, 0.25) is 0 Å². The molecule has 0 bridgehead atoms. The van der Waals surface area contributed by atoms with Crippen molar-refractivity contribution in [2.75, 3.05) is 0 Å². The van der Waals surface area contributed by atoms with Gasteiger partial charge in [-0.2, -0.15) is 0 Å². The number of aryl methyl sites for hydroxylation is 2. The van der Waals surface area contributed by atoms with Crippen LogP contribution in [0, 0.1) is 0 Å². The third-order valence-corrected chi connectivity index (χ3v) is 8.61. The maximum absolute atomic E-state index is 9.85. The minimum Gasteiger partial charge on any atom is -0.508 e. The van der Waals surface area contributed by atoms with Crippen molar-refractivity contribution in [3.63, 3.8) is 0 Å². The Hall–Kier alpha value is -5.08. The van der Waals surface area contributed by atoms with E-state index in [0.29, 0.717) is 0 Å². The van der Waals surface area contributed by atoms with E-state index >= 15 is 0 Å². The van der Waals surface area contributed by atoms with Crippen LogP contribution < -0.4 is 0 Å². The fourth-order valence-electron chi connectivity index (χ4n) is 6.31. The standard InChI is InChI=1S/C25H18O2.C16H18.C2H6/c26-19-13-9-17(10-14-19)25(18-11-15-20(27)16-12-18)23-7-3-1-5-21(23)22-6-2-4-8-24(22)25;1-3-13-5-9-15(10-6-13)16-11-7-14(4-2)8-12-16;1-2/h1-16,26-27H;5-12H,3-4H2,1-2H3;1-2H3. The van der Waals surface area contributed by atoms with Gasteiger partial charge in [0.15, 0.2) is 0 Å². The molecule has 2 nitrogen and oxygen atoms in total. The Balaban J connectivity index is 0.000000190. The van der Waals surface area contributed by atoms with Crippen LogP contribution in [0.4, 0.5) is 0 Å². The molecule has 7 rings (SSSR count). The first-order chi connectivity index (χ1) is 22.0. The zero-order valence-corrected chi connectivity index (χ0v) is 26.7. The maximum Gasteiger partial charge on any atom is 0.115 e. The fraction of sp³-hybridized carbons (Fsp3) is 0.163. The summed E-state index contributed by atoms with van der Waals surface area (Å²) in [6.45, 7) is 8.37. The molecule has 0 saturated heterocycles. The predicted molar refractivity (Wildman–Crippen MR) is 189 cm³/mol. The SMILES string of the molecule is CC.CCc1ccc(-c2ccc(CC)cc2)cc1.Oc1ccc(C2(c3ccc(O)cc3)c3ccccc3-c3ccccc32)cc1. The summed E-state index contributed by atoms with van der Waals surface area (Å²) in [6, 6.07) is 49.5. The van der Waals surface area contributed by atoms with Gasteiger partial charge in [-0.3, -0.25) is 0 Å². The minimum absolute atomic E-state index is 0.249. The number of rotatable bonds is 5. The summed E-state index contributed by atoms with van der Waals surface area (Å²) in [5, 5.41) is 19.7. The van der Waals surface area contributed by atoms with Gasteiger partial charge in [0, 0.05) is 0 Å². The van der Waals surface area contributed by atoms with Gasteiger partial charge >= 0.3 is 0 Å². The molecule has 0 fully saturated rings. The molecular formula is C43H42O2. The summed E-state index contributed by atoms with van der Waals surface area (Å²) in [6.07, 6.45) is 2.21. The Morgan fingerprint density at radius 1 is 0.422 bits per heavy atom. The summed E-state index contributed by atoms with van der Waals surface area (Å²) in [7, 11) is 0. The predicted octanol–water partition coefficient (Wildman–Crippen LogP) is 11.0. The summed E-state index contributed by atoms with van der Waals surface area (Å²) in [4.78, 5) is 0. The Labute approximate surface area is 268 Å². The Bertz CT molecular complexity index is 1680. The Morgan fingerprint density at radius 3 is 1.09 bits per heavy atom. The first-order valence-electron chi connectivity index (χ1n) is 16.0.